The zero-order chi connectivity index (χ0) is 13.8. The first-order valence-corrected chi connectivity index (χ1v) is 6.65. The maximum Gasteiger partial charge on any atom is 0.257 e. The summed E-state index contributed by atoms with van der Waals surface area (Å²) in [4.78, 5) is 12.2. The highest BCUT2D eigenvalue weighted by Gasteiger charge is 2.11. The number of hydrogen-bond donors (Lipinski definition) is 1. The van der Waals surface area contributed by atoms with Crippen molar-refractivity contribution in [2.24, 2.45) is 0 Å². The van der Waals surface area contributed by atoms with Crippen molar-refractivity contribution in [2.75, 3.05) is 5.32 Å². The zero-order valence-electron chi connectivity index (χ0n) is 11.0. The van der Waals surface area contributed by atoms with E-state index in [-0.39, 0.29) is 5.91 Å². The van der Waals surface area contributed by atoms with Crippen molar-refractivity contribution in [1.82, 2.24) is 0 Å². The number of nitrogens with one attached hydrogen (secondary N) is 1. The Bertz CT molecular complexity index is 607. The summed E-state index contributed by atoms with van der Waals surface area (Å²) in [6, 6.07) is 13.2. The van der Waals surface area contributed by atoms with E-state index in [9.17, 15) is 4.79 Å². The second-order valence-electron chi connectivity index (χ2n) is 4.45. The van der Waals surface area contributed by atoms with E-state index in [1.54, 1.807) is 12.1 Å². The van der Waals surface area contributed by atoms with Crippen LogP contribution in [0.5, 0.6) is 0 Å². The van der Waals surface area contributed by atoms with Crippen molar-refractivity contribution in [3.8, 4) is 0 Å². The summed E-state index contributed by atoms with van der Waals surface area (Å²) in [6.45, 7) is 4.00. The third-order valence-corrected chi connectivity index (χ3v) is 3.33. The van der Waals surface area contributed by atoms with E-state index in [1.807, 2.05) is 37.3 Å². The maximum absolute atomic E-state index is 12.2. The highest BCUT2D eigenvalue weighted by atomic mass is 35.5. The topological polar surface area (TPSA) is 29.1 Å². The van der Waals surface area contributed by atoms with Gasteiger partial charge in [0.25, 0.3) is 5.91 Å². The highest BCUT2D eigenvalue weighted by molar-refractivity contribution is 6.34. The van der Waals surface area contributed by atoms with Gasteiger partial charge in [0.05, 0.1) is 10.6 Å². The molecule has 2 nitrogen and oxygen atoms in total. The quantitative estimate of drug-likeness (QED) is 0.879. The molecule has 0 fully saturated rings. The number of para-hydroxylation sites is 1. The number of anilines is 1. The number of rotatable bonds is 3. The van der Waals surface area contributed by atoms with Crippen LogP contribution >= 0.6 is 11.6 Å². The van der Waals surface area contributed by atoms with Crippen LogP contribution < -0.4 is 5.32 Å². The molecule has 19 heavy (non-hydrogen) atoms. The summed E-state index contributed by atoms with van der Waals surface area (Å²) in [5, 5.41) is 3.39. The van der Waals surface area contributed by atoms with Crippen LogP contribution in [0.25, 0.3) is 0 Å². The van der Waals surface area contributed by atoms with Crippen LogP contribution in [0.15, 0.2) is 42.5 Å². The molecule has 0 aliphatic carbocycles. The molecule has 3 heteroatoms. The summed E-state index contributed by atoms with van der Waals surface area (Å²) in [6.07, 6.45) is 0.873. The van der Waals surface area contributed by atoms with E-state index in [4.69, 9.17) is 11.6 Å². The van der Waals surface area contributed by atoms with Crippen molar-refractivity contribution in [1.29, 1.82) is 0 Å². The Labute approximate surface area is 118 Å². The Balaban J connectivity index is 2.26. The van der Waals surface area contributed by atoms with Gasteiger partial charge in [0.1, 0.15) is 0 Å². The first-order chi connectivity index (χ1) is 9.11. The van der Waals surface area contributed by atoms with Gasteiger partial charge in [-0.3, -0.25) is 4.79 Å². The average Bonchev–Trinajstić information content (AvgIpc) is 2.39. The number of amides is 1. The van der Waals surface area contributed by atoms with Gasteiger partial charge in [0, 0.05) is 5.69 Å². The van der Waals surface area contributed by atoms with Crippen LogP contribution in [0.2, 0.25) is 5.02 Å². The second-order valence-corrected chi connectivity index (χ2v) is 4.86. The molecule has 2 aromatic carbocycles. The van der Waals surface area contributed by atoms with Crippen LogP contribution in [0.4, 0.5) is 5.69 Å². The van der Waals surface area contributed by atoms with E-state index in [0.717, 1.165) is 23.2 Å². The van der Waals surface area contributed by atoms with Crippen LogP contribution in [0.1, 0.15) is 28.4 Å². The largest absolute Gasteiger partial charge is 0.322 e. The molecule has 98 valence electrons. The first kappa shape index (κ1) is 13.6. The van der Waals surface area contributed by atoms with Crippen LogP contribution in [-0.4, -0.2) is 5.91 Å². The SMILES string of the molecule is CCc1ccccc1NC(=O)c1ccc(C)cc1Cl. The van der Waals surface area contributed by atoms with E-state index >= 15 is 0 Å². The molecule has 0 bridgehead atoms. The molecule has 2 rings (SSSR count). The first-order valence-electron chi connectivity index (χ1n) is 6.27. The zero-order valence-corrected chi connectivity index (χ0v) is 11.8. The molecule has 0 heterocycles. The molecule has 2 aromatic rings. The van der Waals surface area contributed by atoms with Crippen LogP contribution in [0.3, 0.4) is 0 Å². The number of hydrogen-bond acceptors (Lipinski definition) is 1. The minimum Gasteiger partial charge on any atom is -0.322 e. The molecule has 0 saturated heterocycles. The fourth-order valence-electron chi connectivity index (χ4n) is 1.94. The highest BCUT2D eigenvalue weighted by Crippen LogP contribution is 2.21. The van der Waals surface area contributed by atoms with E-state index in [2.05, 4.69) is 12.2 Å². The Morgan fingerprint density at radius 3 is 2.63 bits per heavy atom. The van der Waals surface area contributed by atoms with Crippen LogP contribution in [0, 0.1) is 6.92 Å². The van der Waals surface area contributed by atoms with Crippen molar-refractivity contribution in [3.05, 3.63) is 64.2 Å². The summed E-state index contributed by atoms with van der Waals surface area (Å²) < 4.78 is 0. The van der Waals surface area contributed by atoms with Crippen molar-refractivity contribution in [3.63, 3.8) is 0 Å². The lowest BCUT2D eigenvalue weighted by molar-refractivity contribution is 0.102. The van der Waals surface area contributed by atoms with Gasteiger partial charge in [-0.15, -0.1) is 0 Å². The van der Waals surface area contributed by atoms with Gasteiger partial charge in [-0.05, 0) is 42.7 Å². The van der Waals surface area contributed by atoms with Gasteiger partial charge in [0.2, 0.25) is 0 Å². The predicted octanol–water partition coefficient (Wildman–Crippen LogP) is 4.46. The Kier molecular flexibility index (Phi) is 4.23. The molecule has 0 aromatic heterocycles. The summed E-state index contributed by atoms with van der Waals surface area (Å²) in [7, 11) is 0. The molecule has 1 N–H and O–H groups in total. The number of halogens is 1. The van der Waals surface area contributed by atoms with Crippen molar-refractivity contribution >= 4 is 23.2 Å². The number of benzene rings is 2. The summed E-state index contributed by atoms with van der Waals surface area (Å²) in [5.41, 5.74) is 3.49. The number of aryl methyl sites for hydroxylation is 2. The van der Waals surface area contributed by atoms with Gasteiger partial charge in [-0.2, -0.15) is 0 Å². The molecule has 0 atom stereocenters. The molecule has 0 aliphatic heterocycles. The molecule has 0 saturated carbocycles. The molecule has 0 unspecified atom stereocenters. The predicted molar refractivity (Wildman–Crippen MR) is 80.0 cm³/mol. The van der Waals surface area contributed by atoms with Gasteiger partial charge in [-0.25, -0.2) is 0 Å². The minimum absolute atomic E-state index is 0.175. The lowest BCUT2D eigenvalue weighted by Gasteiger charge is -2.10. The van der Waals surface area contributed by atoms with Crippen molar-refractivity contribution in [2.45, 2.75) is 20.3 Å². The standard InChI is InChI=1S/C16H16ClNO/c1-3-12-6-4-5-7-15(12)18-16(19)13-9-8-11(2)10-14(13)17/h4-10H,3H2,1-2H3,(H,18,19). The average molecular weight is 274 g/mol. The lowest BCUT2D eigenvalue weighted by atomic mass is 10.1. The van der Waals surface area contributed by atoms with Crippen molar-refractivity contribution < 1.29 is 4.79 Å². The monoisotopic (exact) mass is 273 g/mol. The molecule has 0 radical (unpaired) electrons. The molecule has 0 spiro atoms. The summed E-state index contributed by atoms with van der Waals surface area (Å²) in [5.74, 6) is -0.175. The third-order valence-electron chi connectivity index (χ3n) is 3.02. The van der Waals surface area contributed by atoms with Gasteiger partial charge >= 0.3 is 0 Å². The van der Waals surface area contributed by atoms with E-state index in [0.29, 0.717) is 10.6 Å². The fraction of sp³-hybridized carbons (Fsp3) is 0.188. The minimum atomic E-state index is -0.175. The summed E-state index contributed by atoms with van der Waals surface area (Å²) >= 11 is 6.10. The number of carbonyl (C=O) groups is 1. The van der Waals surface area contributed by atoms with E-state index in [1.165, 1.54) is 0 Å². The normalized spacial score (nSPS) is 10.3. The van der Waals surface area contributed by atoms with Gasteiger partial charge in [0.15, 0.2) is 0 Å². The molecular weight excluding hydrogens is 258 g/mol. The van der Waals surface area contributed by atoms with Crippen LogP contribution in [-0.2, 0) is 6.42 Å². The molecule has 1 amide bonds. The Morgan fingerprint density at radius 1 is 1.21 bits per heavy atom. The Morgan fingerprint density at radius 2 is 1.95 bits per heavy atom. The lowest BCUT2D eigenvalue weighted by Crippen LogP contribution is -2.13. The molecular formula is C16H16ClNO. The fourth-order valence-corrected chi connectivity index (χ4v) is 2.27. The Hall–Kier alpha value is -1.80. The van der Waals surface area contributed by atoms with Gasteiger partial charge in [-0.1, -0.05) is 42.8 Å². The smallest absolute Gasteiger partial charge is 0.257 e. The molecule has 0 aliphatic rings. The van der Waals surface area contributed by atoms with Gasteiger partial charge < -0.3 is 5.32 Å². The van der Waals surface area contributed by atoms with E-state index < -0.39 is 0 Å². The number of carbonyl (C=O) groups excluding carboxylic acids is 1. The maximum atomic E-state index is 12.2. The third kappa shape index (κ3) is 3.15. The second kappa shape index (κ2) is 5.89.